The molecule has 1 aromatic rings. The van der Waals surface area contributed by atoms with Crippen molar-refractivity contribution < 1.29 is 17.9 Å². The number of nitrogens with one attached hydrogen (secondary N) is 1. The minimum Gasteiger partial charge on any atom is -0.377 e. The van der Waals surface area contributed by atoms with Crippen LogP contribution in [0.25, 0.3) is 0 Å². The average molecular weight is 338 g/mol. The van der Waals surface area contributed by atoms with Gasteiger partial charge in [-0.15, -0.1) is 0 Å². The molecule has 6 nitrogen and oxygen atoms in total. The molecule has 23 heavy (non-hydrogen) atoms. The molecule has 1 atom stereocenters. The van der Waals surface area contributed by atoms with E-state index in [2.05, 4.69) is 4.72 Å². The summed E-state index contributed by atoms with van der Waals surface area (Å²) in [5, 5.41) is 0. The molecule has 0 radical (unpaired) electrons. The lowest BCUT2D eigenvalue weighted by Gasteiger charge is -2.18. The standard InChI is InChI=1S/C16H22N2O4S/c1-12-10-13(18-8-2-5-16(18)19)6-7-15(12)23(20,21)17-11-14-4-3-9-22-14/h6-7,10,14,17H,2-5,8-9,11H2,1H3/t14-/m1/s1. The van der Waals surface area contributed by atoms with Gasteiger partial charge in [-0.3, -0.25) is 4.79 Å². The highest BCUT2D eigenvalue weighted by molar-refractivity contribution is 7.89. The van der Waals surface area contributed by atoms with Gasteiger partial charge in [0, 0.05) is 31.8 Å². The van der Waals surface area contributed by atoms with Crippen LogP contribution in [-0.2, 0) is 19.6 Å². The van der Waals surface area contributed by atoms with Crippen LogP contribution in [0.15, 0.2) is 23.1 Å². The number of carbonyl (C=O) groups is 1. The van der Waals surface area contributed by atoms with Crippen molar-refractivity contribution in [2.24, 2.45) is 0 Å². The summed E-state index contributed by atoms with van der Waals surface area (Å²) in [5.74, 6) is 0.0940. The number of carbonyl (C=O) groups excluding carboxylic acids is 1. The number of sulfonamides is 1. The first-order valence-electron chi connectivity index (χ1n) is 8.00. The van der Waals surface area contributed by atoms with E-state index in [1.54, 1.807) is 30.0 Å². The third kappa shape index (κ3) is 3.57. The maximum atomic E-state index is 12.5. The van der Waals surface area contributed by atoms with Crippen molar-refractivity contribution in [1.82, 2.24) is 4.72 Å². The Bertz CT molecular complexity index is 696. The molecule has 2 saturated heterocycles. The fourth-order valence-corrected chi connectivity index (χ4v) is 4.40. The maximum Gasteiger partial charge on any atom is 0.240 e. The summed E-state index contributed by atoms with van der Waals surface area (Å²) < 4.78 is 33.0. The van der Waals surface area contributed by atoms with Gasteiger partial charge in [0.25, 0.3) is 0 Å². The monoisotopic (exact) mass is 338 g/mol. The van der Waals surface area contributed by atoms with E-state index in [1.165, 1.54) is 0 Å². The average Bonchev–Trinajstić information content (AvgIpc) is 3.16. The molecular weight excluding hydrogens is 316 g/mol. The van der Waals surface area contributed by atoms with Crippen molar-refractivity contribution >= 4 is 21.6 Å². The summed E-state index contributed by atoms with van der Waals surface area (Å²) in [4.78, 5) is 13.8. The van der Waals surface area contributed by atoms with Crippen LogP contribution in [0.1, 0.15) is 31.2 Å². The number of hydrogen-bond acceptors (Lipinski definition) is 4. The second kappa shape index (κ2) is 6.59. The topological polar surface area (TPSA) is 75.7 Å². The summed E-state index contributed by atoms with van der Waals surface area (Å²) in [6.45, 7) is 3.45. The third-order valence-electron chi connectivity index (χ3n) is 4.36. The highest BCUT2D eigenvalue weighted by Crippen LogP contribution is 2.26. The van der Waals surface area contributed by atoms with Crippen LogP contribution >= 0.6 is 0 Å². The highest BCUT2D eigenvalue weighted by Gasteiger charge is 2.25. The van der Waals surface area contributed by atoms with Crippen molar-refractivity contribution in [1.29, 1.82) is 0 Å². The summed E-state index contributed by atoms with van der Waals surface area (Å²) in [7, 11) is -3.57. The van der Waals surface area contributed by atoms with Gasteiger partial charge in [-0.2, -0.15) is 0 Å². The number of rotatable bonds is 5. The molecule has 126 valence electrons. The van der Waals surface area contributed by atoms with Crippen molar-refractivity contribution in [2.45, 2.75) is 43.6 Å². The van der Waals surface area contributed by atoms with Gasteiger partial charge in [0.2, 0.25) is 15.9 Å². The molecule has 2 aliphatic rings. The number of aryl methyl sites for hydroxylation is 1. The van der Waals surface area contributed by atoms with E-state index >= 15 is 0 Å². The molecule has 3 rings (SSSR count). The van der Waals surface area contributed by atoms with E-state index in [0.717, 1.165) is 24.9 Å². The van der Waals surface area contributed by atoms with E-state index in [4.69, 9.17) is 4.74 Å². The minimum absolute atomic E-state index is 0.0356. The summed E-state index contributed by atoms with van der Waals surface area (Å²) in [6, 6.07) is 5.05. The smallest absolute Gasteiger partial charge is 0.240 e. The van der Waals surface area contributed by atoms with Crippen LogP contribution < -0.4 is 9.62 Å². The predicted molar refractivity (Wildman–Crippen MR) is 86.9 cm³/mol. The van der Waals surface area contributed by atoms with E-state index in [-0.39, 0.29) is 16.9 Å². The second-order valence-electron chi connectivity index (χ2n) is 6.09. The zero-order valence-electron chi connectivity index (χ0n) is 13.2. The molecular formula is C16H22N2O4S. The Morgan fingerprint density at radius 1 is 1.35 bits per heavy atom. The molecule has 0 aromatic heterocycles. The lowest BCUT2D eigenvalue weighted by molar-refractivity contribution is -0.117. The Morgan fingerprint density at radius 3 is 2.78 bits per heavy atom. The number of anilines is 1. The van der Waals surface area contributed by atoms with Gasteiger partial charge in [0.15, 0.2) is 0 Å². The first-order valence-corrected chi connectivity index (χ1v) is 9.48. The van der Waals surface area contributed by atoms with Crippen molar-refractivity contribution in [2.75, 3.05) is 24.6 Å². The molecule has 2 fully saturated rings. The maximum absolute atomic E-state index is 12.5. The van der Waals surface area contributed by atoms with Crippen molar-refractivity contribution in [3.05, 3.63) is 23.8 Å². The first-order chi connectivity index (χ1) is 11.0. The molecule has 0 unspecified atom stereocenters. The number of ether oxygens (including phenoxy) is 1. The Balaban J connectivity index is 1.75. The van der Waals surface area contributed by atoms with Gasteiger partial charge >= 0.3 is 0 Å². The zero-order chi connectivity index (χ0) is 16.4. The molecule has 0 spiro atoms. The fraction of sp³-hybridized carbons (Fsp3) is 0.562. The van der Waals surface area contributed by atoms with Crippen LogP contribution in [0.5, 0.6) is 0 Å². The minimum atomic E-state index is -3.57. The summed E-state index contributed by atoms with van der Waals surface area (Å²) in [6.07, 6.45) is 3.23. The number of hydrogen-bond donors (Lipinski definition) is 1. The molecule has 1 N–H and O–H groups in total. The molecule has 7 heteroatoms. The summed E-state index contributed by atoms with van der Waals surface area (Å²) >= 11 is 0. The Kier molecular flexibility index (Phi) is 4.70. The molecule has 0 aliphatic carbocycles. The fourth-order valence-electron chi connectivity index (χ4n) is 3.11. The zero-order valence-corrected chi connectivity index (χ0v) is 14.1. The van der Waals surface area contributed by atoms with Gasteiger partial charge in [-0.05, 0) is 49.9 Å². The number of benzene rings is 1. The van der Waals surface area contributed by atoms with Gasteiger partial charge in [0.05, 0.1) is 11.0 Å². The van der Waals surface area contributed by atoms with E-state index in [1.807, 2.05) is 0 Å². The van der Waals surface area contributed by atoms with Crippen LogP contribution in [0.3, 0.4) is 0 Å². The van der Waals surface area contributed by atoms with Crippen molar-refractivity contribution in [3.8, 4) is 0 Å². The first kappa shape index (κ1) is 16.4. The lowest BCUT2D eigenvalue weighted by Crippen LogP contribution is -2.32. The Hall–Kier alpha value is -1.44. The third-order valence-corrected chi connectivity index (χ3v) is 5.94. The normalized spacial score (nSPS) is 22.0. The molecule has 1 aromatic carbocycles. The number of nitrogens with zero attached hydrogens (tertiary/aromatic N) is 1. The van der Waals surface area contributed by atoms with Gasteiger partial charge in [-0.1, -0.05) is 0 Å². The summed E-state index contributed by atoms with van der Waals surface area (Å²) in [5.41, 5.74) is 1.41. The van der Waals surface area contributed by atoms with Gasteiger partial charge < -0.3 is 9.64 Å². The van der Waals surface area contributed by atoms with Gasteiger partial charge in [-0.25, -0.2) is 13.1 Å². The highest BCUT2D eigenvalue weighted by atomic mass is 32.2. The molecule has 0 saturated carbocycles. The SMILES string of the molecule is Cc1cc(N2CCCC2=O)ccc1S(=O)(=O)NC[C@H]1CCCO1. The Morgan fingerprint density at radius 2 is 2.17 bits per heavy atom. The molecule has 0 bridgehead atoms. The van der Waals surface area contributed by atoms with E-state index in [9.17, 15) is 13.2 Å². The Labute approximate surface area is 136 Å². The molecule has 2 heterocycles. The van der Waals surface area contributed by atoms with Crippen molar-refractivity contribution in [3.63, 3.8) is 0 Å². The van der Waals surface area contributed by atoms with E-state index < -0.39 is 10.0 Å². The van der Waals surface area contributed by atoms with E-state index in [0.29, 0.717) is 31.7 Å². The predicted octanol–water partition coefficient (Wildman–Crippen LogP) is 1.58. The van der Waals surface area contributed by atoms with Crippen LogP contribution in [0.2, 0.25) is 0 Å². The van der Waals surface area contributed by atoms with Gasteiger partial charge in [0.1, 0.15) is 0 Å². The quantitative estimate of drug-likeness (QED) is 0.884. The van der Waals surface area contributed by atoms with Crippen LogP contribution in [-0.4, -0.2) is 40.1 Å². The molecule has 1 amide bonds. The largest absolute Gasteiger partial charge is 0.377 e. The van der Waals surface area contributed by atoms with Crippen LogP contribution in [0, 0.1) is 6.92 Å². The second-order valence-corrected chi connectivity index (χ2v) is 7.82. The molecule has 2 aliphatic heterocycles. The lowest BCUT2D eigenvalue weighted by atomic mass is 10.2. The van der Waals surface area contributed by atoms with Crippen LogP contribution in [0.4, 0.5) is 5.69 Å². The number of amides is 1.